The number of benzene rings is 1. The van der Waals surface area contributed by atoms with Crippen LogP contribution >= 0.6 is 0 Å². The van der Waals surface area contributed by atoms with Gasteiger partial charge >= 0.3 is 0 Å². The SMILES string of the molecule is CNCc1cc(CN(C)CCc2ccccc2)on1. The van der Waals surface area contributed by atoms with Crippen molar-refractivity contribution in [3.63, 3.8) is 0 Å². The molecule has 0 fully saturated rings. The number of nitrogens with zero attached hydrogens (tertiary/aromatic N) is 2. The van der Waals surface area contributed by atoms with E-state index < -0.39 is 0 Å². The summed E-state index contributed by atoms with van der Waals surface area (Å²) in [5.74, 6) is 0.917. The maximum absolute atomic E-state index is 5.31. The summed E-state index contributed by atoms with van der Waals surface area (Å²) in [5, 5.41) is 7.07. The molecule has 0 saturated heterocycles. The Bertz CT molecular complexity index is 481. The number of aromatic nitrogens is 1. The molecule has 4 heteroatoms. The third-order valence-electron chi connectivity index (χ3n) is 3.02. The Hall–Kier alpha value is -1.65. The summed E-state index contributed by atoms with van der Waals surface area (Å²) in [6, 6.07) is 12.5. The van der Waals surface area contributed by atoms with Crippen molar-refractivity contribution in [2.75, 3.05) is 20.6 Å². The van der Waals surface area contributed by atoms with Gasteiger partial charge in [-0.15, -0.1) is 0 Å². The molecule has 0 aliphatic carbocycles. The fourth-order valence-corrected chi connectivity index (χ4v) is 2.00. The Morgan fingerprint density at radius 3 is 2.79 bits per heavy atom. The molecule has 2 rings (SSSR count). The van der Waals surface area contributed by atoms with Gasteiger partial charge in [0.25, 0.3) is 0 Å². The Labute approximate surface area is 114 Å². The molecule has 1 aromatic carbocycles. The fourth-order valence-electron chi connectivity index (χ4n) is 2.00. The maximum Gasteiger partial charge on any atom is 0.151 e. The van der Waals surface area contributed by atoms with Crippen LogP contribution in [0.1, 0.15) is 17.0 Å². The number of hydrogen-bond donors (Lipinski definition) is 1. The average Bonchev–Trinajstić information content (AvgIpc) is 2.85. The quantitative estimate of drug-likeness (QED) is 0.826. The fraction of sp³-hybridized carbons (Fsp3) is 0.400. The van der Waals surface area contributed by atoms with E-state index in [0.29, 0.717) is 0 Å². The van der Waals surface area contributed by atoms with Crippen LogP contribution < -0.4 is 5.32 Å². The first kappa shape index (κ1) is 13.8. The molecule has 0 saturated carbocycles. The highest BCUT2D eigenvalue weighted by atomic mass is 16.5. The van der Waals surface area contributed by atoms with Crippen LogP contribution in [0.5, 0.6) is 0 Å². The zero-order chi connectivity index (χ0) is 13.5. The summed E-state index contributed by atoms with van der Waals surface area (Å²) in [4.78, 5) is 2.25. The lowest BCUT2D eigenvalue weighted by atomic mass is 10.1. The Kier molecular flexibility index (Phi) is 5.12. The first-order valence-corrected chi connectivity index (χ1v) is 6.59. The summed E-state index contributed by atoms with van der Waals surface area (Å²) in [7, 11) is 4.00. The Balaban J connectivity index is 1.78. The highest BCUT2D eigenvalue weighted by Crippen LogP contribution is 2.07. The molecule has 0 atom stereocenters. The zero-order valence-electron chi connectivity index (χ0n) is 11.6. The second kappa shape index (κ2) is 7.07. The number of likely N-dealkylation sites (N-methyl/N-ethyl adjacent to an activating group) is 1. The first-order valence-electron chi connectivity index (χ1n) is 6.59. The van der Waals surface area contributed by atoms with Gasteiger partial charge < -0.3 is 9.84 Å². The van der Waals surface area contributed by atoms with Gasteiger partial charge in [0, 0.05) is 19.2 Å². The van der Waals surface area contributed by atoms with E-state index in [0.717, 1.165) is 37.5 Å². The predicted molar refractivity (Wildman–Crippen MR) is 75.7 cm³/mol. The van der Waals surface area contributed by atoms with E-state index in [1.807, 2.05) is 19.2 Å². The largest absolute Gasteiger partial charge is 0.360 e. The van der Waals surface area contributed by atoms with Crippen molar-refractivity contribution in [1.29, 1.82) is 0 Å². The van der Waals surface area contributed by atoms with E-state index in [4.69, 9.17) is 4.52 Å². The summed E-state index contributed by atoms with van der Waals surface area (Å²) < 4.78 is 5.31. The summed E-state index contributed by atoms with van der Waals surface area (Å²) >= 11 is 0. The monoisotopic (exact) mass is 259 g/mol. The Morgan fingerprint density at radius 1 is 1.26 bits per heavy atom. The molecule has 2 aromatic rings. The third kappa shape index (κ3) is 4.50. The van der Waals surface area contributed by atoms with Crippen LogP contribution in [0.15, 0.2) is 40.9 Å². The van der Waals surface area contributed by atoms with Gasteiger partial charge in [0.1, 0.15) is 0 Å². The highest BCUT2D eigenvalue weighted by Gasteiger charge is 2.07. The molecule has 0 aliphatic heterocycles. The molecule has 0 spiro atoms. The summed E-state index contributed by atoms with van der Waals surface area (Å²) in [6.07, 6.45) is 1.05. The van der Waals surface area contributed by atoms with Crippen molar-refractivity contribution in [2.24, 2.45) is 0 Å². The smallest absolute Gasteiger partial charge is 0.151 e. The lowest BCUT2D eigenvalue weighted by Crippen LogP contribution is -2.20. The molecule has 102 valence electrons. The molecule has 4 nitrogen and oxygen atoms in total. The number of nitrogens with one attached hydrogen (secondary N) is 1. The lowest BCUT2D eigenvalue weighted by molar-refractivity contribution is 0.274. The average molecular weight is 259 g/mol. The van der Waals surface area contributed by atoms with Gasteiger partial charge in [-0.3, -0.25) is 4.90 Å². The van der Waals surface area contributed by atoms with E-state index in [9.17, 15) is 0 Å². The highest BCUT2D eigenvalue weighted by molar-refractivity contribution is 5.14. The summed E-state index contributed by atoms with van der Waals surface area (Å²) in [5.41, 5.74) is 2.32. The van der Waals surface area contributed by atoms with Gasteiger partial charge in [0.05, 0.1) is 12.2 Å². The molecule has 0 unspecified atom stereocenters. The van der Waals surface area contributed by atoms with E-state index in [1.54, 1.807) is 0 Å². The standard InChI is InChI=1S/C15H21N3O/c1-16-11-14-10-15(19-17-14)12-18(2)9-8-13-6-4-3-5-7-13/h3-7,10,16H,8-9,11-12H2,1-2H3. The van der Waals surface area contributed by atoms with E-state index >= 15 is 0 Å². The van der Waals surface area contributed by atoms with Gasteiger partial charge in [0.2, 0.25) is 0 Å². The van der Waals surface area contributed by atoms with E-state index in [1.165, 1.54) is 5.56 Å². The van der Waals surface area contributed by atoms with Crippen LogP contribution in [0.25, 0.3) is 0 Å². The van der Waals surface area contributed by atoms with Gasteiger partial charge in [0.15, 0.2) is 5.76 Å². The predicted octanol–water partition coefficient (Wildman–Crippen LogP) is 2.07. The van der Waals surface area contributed by atoms with Crippen molar-refractivity contribution in [2.45, 2.75) is 19.5 Å². The number of hydrogen-bond acceptors (Lipinski definition) is 4. The van der Waals surface area contributed by atoms with Crippen LogP contribution in [0.4, 0.5) is 0 Å². The lowest BCUT2D eigenvalue weighted by Gasteiger charge is -2.14. The minimum absolute atomic E-state index is 0.747. The van der Waals surface area contributed by atoms with Crippen LogP contribution in [0.2, 0.25) is 0 Å². The molecule has 1 heterocycles. The van der Waals surface area contributed by atoms with Crippen LogP contribution in [0.3, 0.4) is 0 Å². The molecule has 1 aromatic heterocycles. The van der Waals surface area contributed by atoms with Crippen molar-refractivity contribution >= 4 is 0 Å². The second-order valence-electron chi connectivity index (χ2n) is 4.79. The number of rotatable bonds is 7. The molecule has 0 aliphatic rings. The van der Waals surface area contributed by atoms with E-state index in [2.05, 4.69) is 46.7 Å². The van der Waals surface area contributed by atoms with E-state index in [-0.39, 0.29) is 0 Å². The van der Waals surface area contributed by atoms with Gasteiger partial charge in [-0.05, 0) is 26.1 Å². The van der Waals surface area contributed by atoms with Gasteiger partial charge in [-0.1, -0.05) is 35.5 Å². The molecule has 19 heavy (non-hydrogen) atoms. The molecule has 0 radical (unpaired) electrons. The molecular formula is C15H21N3O. The topological polar surface area (TPSA) is 41.3 Å². The van der Waals surface area contributed by atoms with Crippen molar-refractivity contribution < 1.29 is 4.52 Å². The van der Waals surface area contributed by atoms with Crippen LogP contribution in [-0.4, -0.2) is 30.7 Å². The van der Waals surface area contributed by atoms with Gasteiger partial charge in [-0.25, -0.2) is 0 Å². The van der Waals surface area contributed by atoms with Crippen molar-refractivity contribution in [3.05, 3.63) is 53.4 Å². The van der Waals surface area contributed by atoms with Crippen molar-refractivity contribution in [1.82, 2.24) is 15.4 Å². The minimum atomic E-state index is 0.747. The van der Waals surface area contributed by atoms with Gasteiger partial charge in [-0.2, -0.15) is 0 Å². The molecular weight excluding hydrogens is 238 g/mol. The minimum Gasteiger partial charge on any atom is -0.360 e. The Morgan fingerprint density at radius 2 is 2.05 bits per heavy atom. The molecule has 0 bridgehead atoms. The summed E-state index contributed by atoms with van der Waals surface area (Å²) in [6.45, 7) is 2.55. The normalized spacial score (nSPS) is 11.1. The third-order valence-corrected chi connectivity index (χ3v) is 3.02. The van der Waals surface area contributed by atoms with Crippen LogP contribution in [0, 0.1) is 0 Å². The second-order valence-corrected chi connectivity index (χ2v) is 4.79. The maximum atomic E-state index is 5.31. The first-order chi connectivity index (χ1) is 9.28. The zero-order valence-corrected chi connectivity index (χ0v) is 11.6. The van der Waals surface area contributed by atoms with Crippen molar-refractivity contribution in [3.8, 4) is 0 Å². The molecule has 1 N–H and O–H groups in total. The molecule has 0 amide bonds. The van der Waals surface area contributed by atoms with Crippen LogP contribution in [-0.2, 0) is 19.5 Å².